The molecule has 0 atom stereocenters. The van der Waals surface area contributed by atoms with E-state index in [1.807, 2.05) is 0 Å². The largest absolute Gasteiger partial charge is 0.349 e. The van der Waals surface area contributed by atoms with E-state index in [0.717, 1.165) is 25.9 Å². The van der Waals surface area contributed by atoms with E-state index in [4.69, 9.17) is 0 Å². The van der Waals surface area contributed by atoms with E-state index >= 15 is 0 Å². The van der Waals surface area contributed by atoms with E-state index in [1.165, 1.54) is 24.3 Å². The molecule has 0 bridgehead atoms. The molecule has 4 heteroatoms. The van der Waals surface area contributed by atoms with Crippen LogP contribution in [0.2, 0.25) is 0 Å². The van der Waals surface area contributed by atoms with Gasteiger partial charge in [-0.3, -0.25) is 4.79 Å². The molecule has 0 unspecified atom stereocenters. The Kier molecular flexibility index (Phi) is 3.51. The zero-order valence-electron chi connectivity index (χ0n) is 9.08. The van der Waals surface area contributed by atoms with Gasteiger partial charge in [0.05, 0.1) is 13.1 Å². The fourth-order valence-electron chi connectivity index (χ4n) is 1.94. The number of carbonyl (C=O) groups is 1. The molecule has 1 aromatic carbocycles. The van der Waals surface area contributed by atoms with Crippen LogP contribution >= 0.6 is 0 Å². The summed E-state index contributed by atoms with van der Waals surface area (Å²) in [6.45, 7) is 2.13. The zero-order chi connectivity index (χ0) is 11.4. The lowest BCUT2D eigenvalue weighted by molar-refractivity contribution is -0.663. The topological polar surface area (TPSA) is 45.7 Å². The summed E-state index contributed by atoms with van der Waals surface area (Å²) in [7, 11) is 0. The molecule has 1 aliphatic heterocycles. The number of halogens is 1. The summed E-state index contributed by atoms with van der Waals surface area (Å²) >= 11 is 0. The summed E-state index contributed by atoms with van der Waals surface area (Å²) in [6, 6.07) is 5.91. The first-order chi connectivity index (χ1) is 7.75. The Morgan fingerprint density at radius 1 is 1.25 bits per heavy atom. The molecule has 3 N–H and O–H groups in total. The number of quaternary nitrogens is 1. The summed E-state index contributed by atoms with van der Waals surface area (Å²) in [5.74, 6) is -0.421. The van der Waals surface area contributed by atoms with Crippen LogP contribution in [0.1, 0.15) is 23.2 Å². The van der Waals surface area contributed by atoms with Crippen LogP contribution in [0, 0.1) is 5.82 Å². The van der Waals surface area contributed by atoms with Crippen LogP contribution in [0.3, 0.4) is 0 Å². The van der Waals surface area contributed by atoms with Crippen molar-refractivity contribution in [2.45, 2.75) is 18.9 Å². The number of amides is 1. The maximum absolute atomic E-state index is 12.7. The van der Waals surface area contributed by atoms with Gasteiger partial charge in [0.2, 0.25) is 0 Å². The molecule has 1 aromatic rings. The number of piperidine rings is 1. The molecule has 0 spiro atoms. The first-order valence-electron chi connectivity index (χ1n) is 5.64. The fourth-order valence-corrected chi connectivity index (χ4v) is 1.94. The lowest BCUT2D eigenvalue weighted by Gasteiger charge is -2.21. The van der Waals surface area contributed by atoms with Crippen LogP contribution in [0.25, 0.3) is 0 Å². The number of nitrogens with two attached hydrogens (primary N) is 1. The molecule has 86 valence electrons. The van der Waals surface area contributed by atoms with E-state index < -0.39 is 0 Å². The molecule has 1 heterocycles. The maximum atomic E-state index is 12.7. The van der Waals surface area contributed by atoms with Crippen molar-refractivity contribution >= 4 is 5.91 Å². The first kappa shape index (κ1) is 11.1. The van der Waals surface area contributed by atoms with E-state index in [9.17, 15) is 9.18 Å². The summed E-state index contributed by atoms with van der Waals surface area (Å²) < 4.78 is 12.7. The number of benzene rings is 1. The van der Waals surface area contributed by atoms with Crippen molar-refractivity contribution in [1.82, 2.24) is 5.32 Å². The Hall–Kier alpha value is -1.42. The summed E-state index contributed by atoms with van der Waals surface area (Å²) in [4.78, 5) is 11.8. The van der Waals surface area contributed by atoms with Gasteiger partial charge in [0.25, 0.3) is 5.91 Å². The number of rotatable bonds is 2. The Morgan fingerprint density at radius 2 is 1.88 bits per heavy atom. The summed E-state index contributed by atoms with van der Waals surface area (Å²) in [6.07, 6.45) is 2.01. The minimum absolute atomic E-state index is 0.105. The van der Waals surface area contributed by atoms with Gasteiger partial charge in [-0.2, -0.15) is 0 Å². The average Bonchev–Trinajstić information content (AvgIpc) is 2.31. The molecule has 3 nitrogen and oxygen atoms in total. The van der Waals surface area contributed by atoms with Crippen molar-refractivity contribution in [2.24, 2.45) is 0 Å². The number of hydrogen-bond acceptors (Lipinski definition) is 1. The van der Waals surface area contributed by atoms with Gasteiger partial charge >= 0.3 is 0 Å². The monoisotopic (exact) mass is 223 g/mol. The minimum Gasteiger partial charge on any atom is -0.349 e. The Morgan fingerprint density at radius 3 is 2.50 bits per heavy atom. The van der Waals surface area contributed by atoms with Gasteiger partial charge in [-0.05, 0) is 24.3 Å². The standard InChI is InChI=1S/C12H15FN2O/c13-10-3-1-9(2-4-10)12(16)15-11-5-7-14-8-6-11/h1-4,11,14H,5-8H2,(H,15,16)/p+1. The van der Waals surface area contributed by atoms with Crippen LogP contribution in [0.5, 0.6) is 0 Å². The molecule has 0 aromatic heterocycles. The van der Waals surface area contributed by atoms with Gasteiger partial charge in [0.1, 0.15) is 5.82 Å². The minimum atomic E-state index is -0.316. The van der Waals surface area contributed by atoms with Gasteiger partial charge in [-0.25, -0.2) is 4.39 Å². The normalized spacial score (nSPS) is 17.1. The fraction of sp³-hybridized carbons (Fsp3) is 0.417. The molecule has 1 saturated heterocycles. The molecule has 0 radical (unpaired) electrons. The highest BCUT2D eigenvalue weighted by Crippen LogP contribution is 2.05. The van der Waals surface area contributed by atoms with Gasteiger partial charge in [0.15, 0.2) is 0 Å². The van der Waals surface area contributed by atoms with E-state index in [0.29, 0.717) is 5.56 Å². The predicted octanol–water partition coefficient (Wildman–Crippen LogP) is 0.281. The van der Waals surface area contributed by atoms with Crippen molar-refractivity contribution in [3.05, 3.63) is 35.6 Å². The van der Waals surface area contributed by atoms with Crippen molar-refractivity contribution in [3.8, 4) is 0 Å². The maximum Gasteiger partial charge on any atom is 0.251 e. The molecule has 2 rings (SSSR count). The third kappa shape index (κ3) is 2.79. The van der Waals surface area contributed by atoms with Crippen LogP contribution in [0.4, 0.5) is 4.39 Å². The quantitative estimate of drug-likeness (QED) is 0.743. The zero-order valence-corrected chi connectivity index (χ0v) is 9.08. The molecular weight excluding hydrogens is 207 g/mol. The average molecular weight is 223 g/mol. The first-order valence-corrected chi connectivity index (χ1v) is 5.64. The SMILES string of the molecule is O=C(NC1CC[NH2+]CC1)c1ccc(F)cc1. The van der Waals surface area contributed by atoms with Crippen molar-refractivity contribution < 1.29 is 14.5 Å². The third-order valence-corrected chi connectivity index (χ3v) is 2.88. The van der Waals surface area contributed by atoms with Crippen LogP contribution < -0.4 is 10.6 Å². The molecule has 0 aliphatic carbocycles. The van der Waals surface area contributed by atoms with E-state index in [2.05, 4.69) is 10.6 Å². The van der Waals surface area contributed by atoms with Crippen molar-refractivity contribution in [2.75, 3.05) is 13.1 Å². The van der Waals surface area contributed by atoms with Crippen LogP contribution in [-0.4, -0.2) is 25.0 Å². The highest BCUT2D eigenvalue weighted by atomic mass is 19.1. The molecule has 1 aliphatic rings. The molecular formula is C12H16FN2O+. The Balaban J connectivity index is 1.94. The third-order valence-electron chi connectivity index (χ3n) is 2.88. The highest BCUT2D eigenvalue weighted by Gasteiger charge is 2.17. The Bertz CT molecular complexity index is 358. The van der Waals surface area contributed by atoms with E-state index in [-0.39, 0.29) is 17.8 Å². The number of hydrogen-bond donors (Lipinski definition) is 2. The van der Waals surface area contributed by atoms with E-state index in [1.54, 1.807) is 0 Å². The second kappa shape index (κ2) is 5.07. The van der Waals surface area contributed by atoms with Crippen LogP contribution in [-0.2, 0) is 0 Å². The highest BCUT2D eigenvalue weighted by molar-refractivity contribution is 5.94. The van der Waals surface area contributed by atoms with Crippen LogP contribution in [0.15, 0.2) is 24.3 Å². The molecule has 16 heavy (non-hydrogen) atoms. The smallest absolute Gasteiger partial charge is 0.251 e. The lowest BCUT2D eigenvalue weighted by atomic mass is 10.1. The van der Waals surface area contributed by atoms with Gasteiger partial charge in [0, 0.05) is 24.4 Å². The van der Waals surface area contributed by atoms with Gasteiger partial charge < -0.3 is 10.6 Å². The van der Waals surface area contributed by atoms with Gasteiger partial charge in [-0.15, -0.1) is 0 Å². The number of nitrogens with one attached hydrogen (secondary N) is 1. The summed E-state index contributed by atoms with van der Waals surface area (Å²) in [5, 5.41) is 5.22. The molecule has 1 amide bonds. The molecule has 1 fully saturated rings. The van der Waals surface area contributed by atoms with Gasteiger partial charge in [-0.1, -0.05) is 0 Å². The van der Waals surface area contributed by atoms with Crippen molar-refractivity contribution in [3.63, 3.8) is 0 Å². The summed E-state index contributed by atoms with van der Waals surface area (Å²) in [5.41, 5.74) is 0.524. The second-order valence-electron chi connectivity index (χ2n) is 4.12. The Labute approximate surface area is 94.0 Å². The predicted molar refractivity (Wildman–Crippen MR) is 58.5 cm³/mol. The lowest BCUT2D eigenvalue weighted by Crippen LogP contribution is -2.87. The molecule has 0 saturated carbocycles. The second-order valence-corrected chi connectivity index (χ2v) is 4.12. The van der Waals surface area contributed by atoms with Crippen molar-refractivity contribution in [1.29, 1.82) is 0 Å². The number of carbonyl (C=O) groups excluding carboxylic acids is 1.